The molecule has 0 amide bonds. The monoisotopic (exact) mass is 422 g/mol. The van der Waals surface area contributed by atoms with E-state index in [-0.39, 0.29) is 5.78 Å². The predicted molar refractivity (Wildman–Crippen MR) is 125 cm³/mol. The van der Waals surface area contributed by atoms with Crippen molar-refractivity contribution >= 4 is 33.6 Å². The number of rotatable bonds is 4. The van der Waals surface area contributed by atoms with E-state index in [9.17, 15) is 4.79 Å². The van der Waals surface area contributed by atoms with Crippen molar-refractivity contribution in [1.82, 2.24) is 14.5 Å². The van der Waals surface area contributed by atoms with Crippen LogP contribution in [0.4, 0.5) is 5.82 Å². The highest BCUT2D eigenvalue weighted by atomic mass is 16.3. The molecule has 0 radical (unpaired) electrons. The van der Waals surface area contributed by atoms with Crippen LogP contribution in [0.2, 0.25) is 0 Å². The largest absolute Gasteiger partial charge is 0.456 e. The van der Waals surface area contributed by atoms with Gasteiger partial charge < -0.3 is 14.7 Å². The molecule has 3 aromatic heterocycles. The topological polar surface area (TPSA) is 86.9 Å². The molecule has 0 spiro atoms. The summed E-state index contributed by atoms with van der Waals surface area (Å²) in [4.78, 5) is 22.6. The number of hydrogen-bond acceptors (Lipinski definition) is 5. The smallest absolute Gasteiger partial charge is 0.196 e. The van der Waals surface area contributed by atoms with E-state index in [0.29, 0.717) is 34.1 Å². The van der Waals surface area contributed by atoms with Gasteiger partial charge in [-0.3, -0.25) is 4.79 Å². The fourth-order valence-electron chi connectivity index (χ4n) is 4.90. The zero-order valence-corrected chi connectivity index (χ0v) is 17.5. The molecule has 2 N–H and O–H groups in total. The quantitative estimate of drug-likeness (QED) is 0.371. The van der Waals surface area contributed by atoms with Crippen molar-refractivity contribution in [3.05, 3.63) is 78.2 Å². The molecule has 0 unspecified atom stereocenters. The molecule has 5 aromatic rings. The fourth-order valence-corrected chi connectivity index (χ4v) is 4.90. The lowest BCUT2D eigenvalue weighted by Crippen LogP contribution is -2.05. The van der Waals surface area contributed by atoms with Crippen LogP contribution in [-0.4, -0.2) is 20.3 Å². The third-order valence-electron chi connectivity index (χ3n) is 6.46. The van der Waals surface area contributed by atoms with E-state index in [0.717, 1.165) is 35.0 Å². The Morgan fingerprint density at radius 1 is 1.00 bits per heavy atom. The summed E-state index contributed by atoms with van der Waals surface area (Å²) in [5.74, 6) is 0.888. The highest BCUT2D eigenvalue weighted by Crippen LogP contribution is 2.37. The number of nitrogens with zero attached hydrogens (tertiary/aromatic N) is 3. The Kier molecular flexibility index (Phi) is 4.31. The van der Waals surface area contributed by atoms with Gasteiger partial charge in [-0.1, -0.05) is 55.3 Å². The summed E-state index contributed by atoms with van der Waals surface area (Å²) < 4.78 is 8.19. The Morgan fingerprint density at radius 3 is 2.62 bits per heavy atom. The highest BCUT2D eigenvalue weighted by Gasteiger charge is 2.27. The number of nitrogens with two attached hydrogens (primary N) is 1. The number of fused-ring (bicyclic) bond motifs is 2. The molecule has 32 heavy (non-hydrogen) atoms. The van der Waals surface area contributed by atoms with Gasteiger partial charge in [0, 0.05) is 28.8 Å². The maximum atomic E-state index is 13.9. The first-order chi connectivity index (χ1) is 15.7. The second-order valence-electron chi connectivity index (χ2n) is 8.37. The number of para-hydroxylation sites is 1. The van der Waals surface area contributed by atoms with Crippen molar-refractivity contribution < 1.29 is 9.21 Å². The Hall–Kier alpha value is -3.93. The molecule has 2 aromatic carbocycles. The van der Waals surface area contributed by atoms with Crippen LogP contribution in [0.1, 0.15) is 47.6 Å². The molecule has 6 nitrogen and oxygen atoms in total. The molecule has 0 saturated heterocycles. The maximum absolute atomic E-state index is 13.9. The minimum Gasteiger partial charge on any atom is -0.456 e. The second-order valence-corrected chi connectivity index (χ2v) is 8.37. The van der Waals surface area contributed by atoms with Gasteiger partial charge in [-0.2, -0.15) is 0 Å². The Labute approximate surface area is 184 Å². The van der Waals surface area contributed by atoms with Gasteiger partial charge in [0.25, 0.3) is 0 Å². The average molecular weight is 422 g/mol. The standard InChI is InChI=1S/C26H22N4O2/c27-25-23-20(14-30(17-8-2-3-9-17)26(23)29-15-28-25)24(31)19-11-5-4-10-18(19)22-13-16-7-1-6-12-21(16)32-22/h1,4-7,10-15,17H,2-3,8-9H2,(H2,27,28,29). The van der Waals surface area contributed by atoms with Gasteiger partial charge in [0.15, 0.2) is 5.78 Å². The second kappa shape index (κ2) is 7.34. The molecule has 1 aliphatic carbocycles. The lowest BCUT2D eigenvalue weighted by molar-refractivity contribution is 0.104. The van der Waals surface area contributed by atoms with Crippen molar-refractivity contribution in [2.24, 2.45) is 0 Å². The van der Waals surface area contributed by atoms with Crippen LogP contribution < -0.4 is 5.73 Å². The first kappa shape index (κ1) is 18.8. The van der Waals surface area contributed by atoms with Gasteiger partial charge in [-0.05, 0) is 25.0 Å². The minimum absolute atomic E-state index is 0.107. The van der Waals surface area contributed by atoms with Crippen LogP contribution in [0.15, 0.2) is 71.5 Å². The van der Waals surface area contributed by atoms with E-state index in [4.69, 9.17) is 10.2 Å². The van der Waals surface area contributed by atoms with Gasteiger partial charge in [-0.25, -0.2) is 9.97 Å². The van der Waals surface area contributed by atoms with Gasteiger partial charge in [-0.15, -0.1) is 0 Å². The number of carbonyl (C=O) groups excluding carboxylic acids is 1. The van der Waals surface area contributed by atoms with Crippen LogP contribution in [0.5, 0.6) is 0 Å². The molecule has 1 fully saturated rings. The molecule has 0 bridgehead atoms. The number of benzene rings is 2. The summed E-state index contributed by atoms with van der Waals surface area (Å²) in [6.07, 6.45) is 7.92. The number of hydrogen-bond donors (Lipinski definition) is 1. The molecule has 158 valence electrons. The molecule has 0 aliphatic heterocycles. The average Bonchev–Trinajstić information content (AvgIpc) is 3.56. The van der Waals surface area contributed by atoms with E-state index in [2.05, 4.69) is 14.5 Å². The van der Waals surface area contributed by atoms with E-state index in [1.165, 1.54) is 19.2 Å². The molecular weight excluding hydrogens is 400 g/mol. The van der Waals surface area contributed by atoms with Crippen LogP contribution >= 0.6 is 0 Å². The minimum atomic E-state index is -0.107. The molecular formula is C26H22N4O2. The summed E-state index contributed by atoms with van der Waals surface area (Å²) in [6.45, 7) is 0. The van der Waals surface area contributed by atoms with Crippen molar-refractivity contribution in [3.8, 4) is 11.3 Å². The molecule has 1 saturated carbocycles. The number of nitrogen functional groups attached to an aromatic ring is 1. The lowest BCUT2D eigenvalue weighted by Gasteiger charge is -2.12. The third kappa shape index (κ3) is 2.91. The van der Waals surface area contributed by atoms with Gasteiger partial charge in [0.05, 0.1) is 10.9 Å². The third-order valence-corrected chi connectivity index (χ3v) is 6.46. The highest BCUT2D eigenvalue weighted by molar-refractivity contribution is 6.20. The molecule has 3 heterocycles. The van der Waals surface area contributed by atoms with E-state index < -0.39 is 0 Å². The lowest BCUT2D eigenvalue weighted by atomic mass is 9.97. The number of furan rings is 1. The number of anilines is 1. The SMILES string of the molecule is Nc1ncnc2c1c(C(=O)c1ccccc1-c1cc3ccccc3o1)cn2C1CCCC1. The van der Waals surface area contributed by atoms with Crippen molar-refractivity contribution in [2.45, 2.75) is 31.7 Å². The van der Waals surface area contributed by atoms with Crippen molar-refractivity contribution in [1.29, 1.82) is 0 Å². The van der Waals surface area contributed by atoms with Gasteiger partial charge in [0.1, 0.15) is 29.1 Å². The summed E-state index contributed by atoms with van der Waals surface area (Å²) >= 11 is 0. The predicted octanol–water partition coefficient (Wildman–Crippen LogP) is 5.77. The summed E-state index contributed by atoms with van der Waals surface area (Å²) in [5.41, 5.74) is 9.63. The summed E-state index contributed by atoms with van der Waals surface area (Å²) in [7, 11) is 0. The summed E-state index contributed by atoms with van der Waals surface area (Å²) in [6, 6.07) is 17.7. The first-order valence-corrected chi connectivity index (χ1v) is 10.9. The van der Waals surface area contributed by atoms with Gasteiger partial charge >= 0.3 is 0 Å². The number of carbonyl (C=O) groups is 1. The Morgan fingerprint density at radius 2 is 1.78 bits per heavy atom. The van der Waals surface area contributed by atoms with Crippen molar-refractivity contribution in [2.75, 3.05) is 5.73 Å². The molecule has 6 heteroatoms. The van der Waals surface area contributed by atoms with E-state index >= 15 is 0 Å². The van der Waals surface area contributed by atoms with Gasteiger partial charge in [0.2, 0.25) is 0 Å². The van der Waals surface area contributed by atoms with E-state index in [1.54, 1.807) is 0 Å². The van der Waals surface area contributed by atoms with Crippen LogP contribution in [0.3, 0.4) is 0 Å². The van der Waals surface area contributed by atoms with E-state index in [1.807, 2.05) is 60.8 Å². The van der Waals surface area contributed by atoms with Crippen molar-refractivity contribution in [3.63, 3.8) is 0 Å². The fraction of sp³-hybridized carbons (Fsp3) is 0.192. The Bertz CT molecular complexity index is 1440. The Balaban J connectivity index is 1.52. The summed E-state index contributed by atoms with van der Waals surface area (Å²) in [5, 5.41) is 1.63. The van der Waals surface area contributed by atoms with Crippen LogP contribution in [0.25, 0.3) is 33.3 Å². The van der Waals surface area contributed by atoms with Crippen LogP contribution in [0, 0.1) is 0 Å². The first-order valence-electron chi connectivity index (χ1n) is 10.9. The normalized spacial score (nSPS) is 14.5. The maximum Gasteiger partial charge on any atom is 0.196 e. The molecule has 1 aliphatic rings. The molecule has 6 rings (SSSR count). The molecule has 0 atom stereocenters. The van der Waals surface area contributed by atoms with Crippen LogP contribution in [-0.2, 0) is 0 Å². The number of aromatic nitrogens is 3. The zero-order valence-electron chi connectivity index (χ0n) is 17.5. The number of ketones is 1. The zero-order chi connectivity index (χ0) is 21.7.